The first kappa shape index (κ1) is 13.2. The Labute approximate surface area is 121 Å². The summed E-state index contributed by atoms with van der Waals surface area (Å²) in [4.78, 5) is 18.5. The molecule has 1 aromatic heterocycles. The lowest BCUT2D eigenvalue weighted by atomic mass is 10.1. The summed E-state index contributed by atoms with van der Waals surface area (Å²) >= 11 is 0. The van der Waals surface area contributed by atoms with Gasteiger partial charge in [0.2, 0.25) is 0 Å². The van der Waals surface area contributed by atoms with Crippen LogP contribution in [0.15, 0.2) is 59.4 Å². The molecule has 1 heterocycles. The van der Waals surface area contributed by atoms with E-state index in [2.05, 4.69) is 9.97 Å². The highest BCUT2D eigenvalue weighted by atomic mass is 19.1. The third-order valence-electron chi connectivity index (χ3n) is 3.28. The molecule has 0 saturated heterocycles. The Balaban J connectivity index is 2.14. The van der Waals surface area contributed by atoms with Gasteiger partial charge in [-0.2, -0.15) is 4.98 Å². The number of rotatable bonds is 2. The van der Waals surface area contributed by atoms with E-state index in [0.717, 1.165) is 11.1 Å². The van der Waals surface area contributed by atoms with Gasteiger partial charge in [0.05, 0.1) is 11.4 Å². The van der Waals surface area contributed by atoms with E-state index in [1.54, 1.807) is 25.1 Å². The first-order chi connectivity index (χ1) is 10.1. The molecule has 0 unspecified atom stereocenters. The molecule has 0 fully saturated rings. The molecule has 0 amide bonds. The lowest BCUT2D eigenvalue weighted by Crippen LogP contribution is -2.12. The number of nitrogens with zero attached hydrogens (tertiary/aromatic N) is 1. The number of aryl methyl sites for hydroxylation is 1. The summed E-state index contributed by atoms with van der Waals surface area (Å²) in [5.74, 6) is -0.271. The van der Waals surface area contributed by atoms with E-state index in [4.69, 9.17) is 0 Å². The standard InChI is InChI=1S/C17H13FN2O/c1-11-9-13(7-8-14(11)18)16-10-15(19-17(21)20-16)12-5-3-2-4-6-12/h2-10H,1H3,(H,19,20,21). The highest BCUT2D eigenvalue weighted by molar-refractivity contribution is 5.67. The fourth-order valence-corrected chi connectivity index (χ4v) is 2.18. The van der Waals surface area contributed by atoms with Crippen LogP contribution >= 0.6 is 0 Å². The lowest BCUT2D eigenvalue weighted by Gasteiger charge is -2.06. The maximum Gasteiger partial charge on any atom is 0.345 e. The van der Waals surface area contributed by atoms with Crippen LogP contribution in [0.3, 0.4) is 0 Å². The molecule has 104 valence electrons. The van der Waals surface area contributed by atoms with Crippen LogP contribution < -0.4 is 5.69 Å². The van der Waals surface area contributed by atoms with Crippen molar-refractivity contribution in [2.24, 2.45) is 0 Å². The minimum Gasteiger partial charge on any atom is -0.305 e. The number of hydrogen-bond acceptors (Lipinski definition) is 2. The molecule has 0 bridgehead atoms. The van der Waals surface area contributed by atoms with Crippen LogP contribution in [0.5, 0.6) is 0 Å². The van der Waals surface area contributed by atoms with E-state index in [-0.39, 0.29) is 5.82 Å². The topological polar surface area (TPSA) is 45.8 Å². The second kappa shape index (κ2) is 5.32. The Bertz CT molecular complexity index is 841. The number of nitrogens with one attached hydrogen (secondary N) is 1. The van der Waals surface area contributed by atoms with Crippen LogP contribution in [0.4, 0.5) is 4.39 Å². The molecule has 0 aliphatic carbocycles. The van der Waals surface area contributed by atoms with Crippen molar-refractivity contribution in [3.63, 3.8) is 0 Å². The van der Waals surface area contributed by atoms with Crippen LogP contribution in [-0.4, -0.2) is 9.97 Å². The van der Waals surface area contributed by atoms with Crippen LogP contribution in [0, 0.1) is 12.7 Å². The van der Waals surface area contributed by atoms with Gasteiger partial charge in [-0.05, 0) is 42.3 Å². The van der Waals surface area contributed by atoms with Gasteiger partial charge in [0.1, 0.15) is 5.82 Å². The second-order valence-corrected chi connectivity index (χ2v) is 4.82. The van der Waals surface area contributed by atoms with Gasteiger partial charge in [-0.25, -0.2) is 9.18 Å². The summed E-state index contributed by atoms with van der Waals surface area (Å²) in [7, 11) is 0. The average molecular weight is 280 g/mol. The summed E-state index contributed by atoms with van der Waals surface area (Å²) in [6, 6.07) is 16.0. The van der Waals surface area contributed by atoms with Crippen LogP contribution in [-0.2, 0) is 0 Å². The van der Waals surface area contributed by atoms with Crippen molar-refractivity contribution >= 4 is 0 Å². The van der Waals surface area contributed by atoms with E-state index in [1.807, 2.05) is 30.3 Å². The molecular weight excluding hydrogens is 267 g/mol. The third-order valence-corrected chi connectivity index (χ3v) is 3.28. The number of benzene rings is 2. The smallest absolute Gasteiger partial charge is 0.305 e. The van der Waals surface area contributed by atoms with E-state index in [1.165, 1.54) is 6.07 Å². The SMILES string of the molecule is Cc1cc(-c2cc(-c3ccccc3)[nH]c(=O)n2)ccc1F. The van der Waals surface area contributed by atoms with Crippen molar-refractivity contribution in [3.8, 4) is 22.5 Å². The quantitative estimate of drug-likeness (QED) is 0.780. The van der Waals surface area contributed by atoms with Gasteiger partial charge in [0, 0.05) is 5.56 Å². The zero-order chi connectivity index (χ0) is 14.8. The fourth-order valence-electron chi connectivity index (χ4n) is 2.18. The fraction of sp³-hybridized carbons (Fsp3) is 0.0588. The lowest BCUT2D eigenvalue weighted by molar-refractivity contribution is 0.619. The van der Waals surface area contributed by atoms with Crippen molar-refractivity contribution in [1.29, 1.82) is 0 Å². The molecule has 0 radical (unpaired) electrons. The molecule has 0 atom stereocenters. The predicted molar refractivity (Wildman–Crippen MR) is 80.4 cm³/mol. The molecule has 21 heavy (non-hydrogen) atoms. The van der Waals surface area contributed by atoms with Crippen molar-refractivity contribution < 1.29 is 4.39 Å². The normalized spacial score (nSPS) is 10.6. The van der Waals surface area contributed by atoms with Gasteiger partial charge in [-0.15, -0.1) is 0 Å². The molecule has 3 aromatic rings. The van der Waals surface area contributed by atoms with Gasteiger partial charge in [-0.3, -0.25) is 0 Å². The van der Waals surface area contributed by atoms with Crippen molar-refractivity contribution in [2.75, 3.05) is 0 Å². The third kappa shape index (κ3) is 2.74. The van der Waals surface area contributed by atoms with Crippen LogP contribution in [0.25, 0.3) is 22.5 Å². The summed E-state index contributed by atoms with van der Waals surface area (Å²) in [5, 5.41) is 0. The Morgan fingerprint density at radius 1 is 1.00 bits per heavy atom. The number of halogens is 1. The van der Waals surface area contributed by atoms with E-state index < -0.39 is 5.69 Å². The maximum absolute atomic E-state index is 13.3. The molecule has 2 aromatic carbocycles. The molecule has 3 nitrogen and oxygen atoms in total. The minimum atomic E-state index is -0.423. The van der Waals surface area contributed by atoms with E-state index >= 15 is 0 Å². The van der Waals surface area contributed by atoms with Gasteiger partial charge in [0.25, 0.3) is 0 Å². The van der Waals surface area contributed by atoms with Gasteiger partial charge < -0.3 is 4.98 Å². The highest BCUT2D eigenvalue weighted by Crippen LogP contribution is 2.23. The Kier molecular flexibility index (Phi) is 3.36. The van der Waals surface area contributed by atoms with E-state index in [9.17, 15) is 9.18 Å². The molecule has 4 heteroatoms. The molecule has 3 rings (SSSR count). The number of H-pyrrole nitrogens is 1. The maximum atomic E-state index is 13.3. The largest absolute Gasteiger partial charge is 0.345 e. The molecule has 1 N–H and O–H groups in total. The first-order valence-electron chi connectivity index (χ1n) is 6.57. The molecule has 0 saturated carbocycles. The van der Waals surface area contributed by atoms with Crippen LogP contribution in [0.1, 0.15) is 5.56 Å². The molecule has 0 aliphatic heterocycles. The highest BCUT2D eigenvalue weighted by Gasteiger charge is 2.07. The first-order valence-corrected chi connectivity index (χ1v) is 6.57. The monoisotopic (exact) mass is 280 g/mol. The summed E-state index contributed by atoms with van der Waals surface area (Å²) in [6.07, 6.45) is 0. The Morgan fingerprint density at radius 2 is 1.76 bits per heavy atom. The van der Waals surface area contributed by atoms with Crippen molar-refractivity contribution in [3.05, 3.63) is 76.5 Å². The number of hydrogen-bond donors (Lipinski definition) is 1. The zero-order valence-electron chi connectivity index (χ0n) is 11.4. The predicted octanol–water partition coefficient (Wildman–Crippen LogP) is 3.55. The minimum absolute atomic E-state index is 0.271. The van der Waals surface area contributed by atoms with E-state index in [0.29, 0.717) is 17.0 Å². The van der Waals surface area contributed by atoms with Crippen molar-refractivity contribution in [2.45, 2.75) is 6.92 Å². The summed E-state index contributed by atoms with van der Waals surface area (Å²) in [5.41, 5.74) is 2.94. The van der Waals surface area contributed by atoms with Gasteiger partial charge >= 0.3 is 5.69 Å². The van der Waals surface area contributed by atoms with Crippen LogP contribution in [0.2, 0.25) is 0 Å². The van der Waals surface area contributed by atoms with Gasteiger partial charge in [-0.1, -0.05) is 30.3 Å². The number of aromatic nitrogens is 2. The molecule has 0 spiro atoms. The average Bonchev–Trinajstić information content (AvgIpc) is 2.50. The Hall–Kier alpha value is -2.75. The summed E-state index contributed by atoms with van der Waals surface area (Å²) in [6.45, 7) is 1.68. The van der Waals surface area contributed by atoms with Gasteiger partial charge in [0.15, 0.2) is 0 Å². The number of aromatic amines is 1. The zero-order valence-corrected chi connectivity index (χ0v) is 11.4. The second-order valence-electron chi connectivity index (χ2n) is 4.82. The molecular formula is C17H13FN2O. The summed E-state index contributed by atoms with van der Waals surface area (Å²) < 4.78 is 13.3. The molecule has 0 aliphatic rings. The van der Waals surface area contributed by atoms with Crippen molar-refractivity contribution in [1.82, 2.24) is 9.97 Å². The Morgan fingerprint density at radius 3 is 2.48 bits per heavy atom.